The molecule has 474 valence electrons. The van der Waals surface area contributed by atoms with E-state index in [1.807, 2.05) is 12.1 Å². The molecule has 22 rings (SSSR count). The summed E-state index contributed by atoms with van der Waals surface area (Å²) in [5.41, 5.74) is 28.4. The first-order valence-electron chi connectivity index (χ1n) is 35.0. The molecule has 0 unspecified atom stereocenters. The van der Waals surface area contributed by atoms with Gasteiger partial charge in [0, 0.05) is 98.5 Å². The molecule has 0 saturated carbocycles. The van der Waals surface area contributed by atoms with Crippen molar-refractivity contribution in [3.05, 3.63) is 352 Å². The van der Waals surface area contributed by atoms with E-state index in [1.165, 1.54) is 76.5 Å². The Bertz CT molecular complexity index is 7250. The molecule has 6 aromatic heterocycles. The van der Waals surface area contributed by atoms with Crippen LogP contribution < -0.4 is 0 Å². The van der Waals surface area contributed by atoms with Crippen molar-refractivity contribution in [2.45, 2.75) is 0 Å². The molecule has 0 spiro atoms. The van der Waals surface area contributed by atoms with Crippen molar-refractivity contribution in [1.82, 2.24) is 18.3 Å². The molecule has 0 aliphatic rings. The zero-order valence-electron chi connectivity index (χ0n) is 55.1. The Morgan fingerprint density at radius 2 is 0.529 bits per heavy atom. The fourth-order valence-corrected chi connectivity index (χ4v) is 17.3. The van der Waals surface area contributed by atoms with Gasteiger partial charge in [-0.3, -0.25) is 0 Å². The lowest BCUT2D eigenvalue weighted by molar-refractivity contribution is 0.668. The average molecular weight is 1300 g/mol. The minimum absolute atomic E-state index is 0.831. The van der Waals surface area contributed by atoms with Crippen molar-refractivity contribution in [2.75, 3.05) is 0 Å². The minimum atomic E-state index is 0.831. The Morgan fingerprint density at radius 3 is 1.20 bits per heavy atom. The van der Waals surface area contributed by atoms with E-state index in [1.54, 1.807) is 0 Å². The molecule has 6 nitrogen and oxygen atoms in total. The smallest absolute Gasteiger partial charge is 0.136 e. The monoisotopic (exact) mass is 1300 g/mol. The van der Waals surface area contributed by atoms with Gasteiger partial charge in [-0.2, -0.15) is 0 Å². The van der Waals surface area contributed by atoms with E-state index in [-0.39, 0.29) is 0 Å². The molecule has 6 heterocycles. The second kappa shape index (κ2) is 21.9. The fourth-order valence-electron chi connectivity index (χ4n) is 17.3. The van der Waals surface area contributed by atoms with Gasteiger partial charge in [-0.05, 0) is 166 Å². The topological polar surface area (TPSA) is 46.0 Å². The predicted molar refractivity (Wildman–Crippen MR) is 426 cm³/mol. The van der Waals surface area contributed by atoms with E-state index in [0.717, 1.165) is 133 Å². The van der Waals surface area contributed by atoms with Crippen LogP contribution in [-0.2, 0) is 0 Å². The summed E-state index contributed by atoms with van der Waals surface area (Å²) in [4.78, 5) is 0. The fraction of sp³-hybridized carbons (Fsp3) is 0. The summed E-state index contributed by atoms with van der Waals surface area (Å²) < 4.78 is 23.4. The second-order valence-electron chi connectivity index (χ2n) is 27.0. The van der Waals surface area contributed by atoms with Gasteiger partial charge >= 0.3 is 0 Å². The van der Waals surface area contributed by atoms with Gasteiger partial charge in [0.1, 0.15) is 22.3 Å². The van der Waals surface area contributed by atoms with Crippen molar-refractivity contribution in [3.63, 3.8) is 0 Å². The van der Waals surface area contributed by atoms with Crippen LogP contribution in [0.1, 0.15) is 0 Å². The first kappa shape index (κ1) is 56.3. The van der Waals surface area contributed by atoms with Gasteiger partial charge in [0.05, 0.1) is 44.1 Å². The summed E-state index contributed by atoms with van der Waals surface area (Å²) >= 11 is 0. The van der Waals surface area contributed by atoms with E-state index < -0.39 is 0 Å². The molecular formula is C96H58N4O2. The van der Waals surface area contributed by atoms with Gasteiger partial charge in [-0.15, -0.1) is 0 Å². The van der Waals surface area contributed by atoms with Crippen molar-refractivity contribution >= 4 is 131 Å². The SMILES string of the molecule is c1ccc(-n2c3ccccc3c3c(-c4cccc5c6ccccc6n(-c6cccc(-c7cccc8oc9cc(-c%10cccc%11c%10c%10cccc(-c%12cccc%13c%12c%12ccccc%12n%13-c%12ccccc%12)c%10n%11-c%10cccc(-c%11ccc%12c(c%11)oc%11ccccc%11%12)c%10)ccc9c78)c6)c45)cccc32)cc1. The summed E-state index contributed by atoms with van der Waals surface area (Å²) in [7, 11) is 0. The number of para-hydroxylation sites is 8. The first-order valence-corrected chi connectivity index (χ1v) is 35.0. The van der Waals surface area contributed by atoms with E-state index in [9.17, 15) is 0 Å². The molecule has 0 aliphatic carbocycles. The van der Waals surface area contributed by atoms with Gasteiger partial charge in [0.15, 0.2) is 0 Å². The van der Waals surface area contributed by atoms with Gasteiger partial charge in [-0.1, -0.05) is 231 Å². The van der Waals surface area contributed by atoms with Gasteiger partial charge in [0.25, 0.3) is 0 Å². The third-order valence-electron chi connectivity index (χ3n) is 21.6. The molecule has 0 N–H and O–H groups in total. The largest absolute Gasteiger partial charge is 0.456 e. The Morgan fingerprint density at radius 1 is 0.167 bits per heavy atom. The van der Waals surface area contributed by atoms with Crippen LogP contribution in [0.2, 0.25) is 0 Å². The molecule has 102 heavy (non-hydrogen) atoms. The minimum Gasteiger partial charge on any atom is -0.456 e. The summed E-state index contributed by atoms with van der Waals surface area (Å²) in [6.45, 7) is 0. The highest BCUT2D eigenvalue weighted by molar-refractivity contribution is 6.25. The Kier molecular flexibility index (Phi) is 12.1. The predicted octanol–water partition coefficient (Wildman–Crippen LogP) is 26.2. The summed E-state index contributed by atoms with van der Waals surface area (Å²) in [6.07, 6.45) is 0. The van der Waals surface area contributed by atoms with Gasteiger partial charge in [-0.25, -0.2) is 0 Å². The number of hydrogen-bond donors (Lipinski definition) is 0. The van der Waals surface area contributed by atoms with Crippen LogP contribution in [0.25, 0.3) is 209 Å². The van der Waals surface area contributed by atoms with Crippen LogP contribution in [0.15, 0.2) is 361 Å². The third kappa shape index (κ3) is 8.23. The number of nitrogens with zero attached hydrogens (tertiary/aromatic N) is 4. The molecule has 6 heteroatoms. The summed E-state index contributed by atoms with van der Waals surface area (Å²) in [6, 6.07) is 129. The normalized spacial score (nSPS) is 12.1. The Hall–Kier alpha value is -13.7. The molecule has 0 bridgehead atoms. The molecule has 0 saturated heterocycles. The Labute approximate surface area is 584 Å². The van der Waals surface area contributed by atoms with Crippen LogP contribution in [0.5, 0.6) is 0 Å². The quantitative estimate of drug-likeness (QED) is 0.145. The van der Waals surface area contributed by atoms with E-state index in [2.05, 4.69) is 358 Å². The van der Waals surface area contributed by atoms with Gasteiger partial charge in [0.2, 0.25) is 0 Å². The van der Waals surface area contributed by atoms with Crippen LogP contribution in [0.4, 0.5) is 0 Å². The lowest BCUT2D eigenvalue weighted by Crippen LogP contribution is -1.97. The lowest BCUT2D eigenvalue weighted by atomic mass is 9.94. The first-order chi connectivity index (χ1) is 50.6. The number of benzene rings is 16. The number of aromatic nitrogens is 4. The lowest BCUT2D eigenvalue weighted by Gasteiger charge is -2.14. The van der Waals surface area contributed by atoms with Crippen LogP contribution in [0.3, 0.4) is 0 Å². The maximum Gasteiger partial charge on any atom is 0.136 e. The van der Waals surface area contributed by atoms with Crippen LogP contribution >= 0.6 is 0 Å². The number of rotatable bonds is 9. The molecule has 16 aromatic carbocycles. The highest BCUT2D eigenvalue weighted by Crippen LogP contribution is 2.49. The molecule has 0 amide bonds. The zero-order valence-corrected chi connectivity index (χ0v) is 55.1. The number of furan rings is 2. The van der Waals surface area contributed by atoms with E-state index in [4.69, 9.17) is 8.83 Å². The van der Waals surface area contributed by atoms with Gasteiger partial charge < -0.3 is 27.1 Å². The number of fused-ring (bicyclic) bond motifs is 18. The second-order valence-corrected chi connectivity index (χ2v) is 27.0. The van der Waals surface area contributed by atoms with Crippen molar-refractivity contribution < 1.29 is 8.83 Å². The standard InChI is InChI=1S/C96H58N4O2/c1-3-25-63(26-4-1)97-82-44-12-8-33-77(82)92-72(37-20-46-84(92)97)75-40-17-39-74-69-31-7-11-43-81(69)99(95(74)75)66-30-16-24-61(56-66)68-36-22-50-88-94(68)79-54-52-62(58-90(79)102-88)67-35-19-48-86-91(67)80-42-18-41-76(73-38-21-47-85-93(73)78-34-9-13-45-83(78)98(85)64-27-5-2-6-28-64)96(80)100(86)65-29-15-23-59(55-65)60-51-53-71-70-32-10-14-49-87(70)101-89(71)57-60/h1-58H. The van der Waals surface area contributed by atoms with Crippen molar-refractivity contribution in [1.29, 1.82) is 0 Å². The highest BCUT2D eigenvalue weighted by atomic mass is 16.3. The summed E-state index contributed by atoms with van der Waals surface area (Å²) in [5.74, 6) is 0. The highest BCUT2D eigenvalue weighted by Gasteiger charge is 2.26. The Balaban J connectivity index is 0.713. The molecule has 0 atom stereocenters. The summed E-state index contributed by atoms with van der Waals surface area (Å²) in [5, 5.41) is 14.0. The van der Waals surface area contributed by atoms with Crippen molar-refractivity contribution in [3.8, 4) is 78.4 Å². The van der Waals surface area contributed by atoms with Crippen molar-refractivity contribution in [2.24, 2.45) is 0 Å². The maximum absolute atomic E-state index is 7.09. The molecule has 0 aliphatic heterocycles. The maximum atomic E-state index is 7.09. The van der Waals surface area contributed by atoms with Crippen LogP contribution in [0, 0.1) is 0 Å². The molecule has 0 radical (unpaired) electrons. The van der Waals surface area contributed by atoms with Crippen LogP contribution in [-0.4, -0.2) is 18.3 Å². The molecular weight excluding hydrogens is 1240 g/mol. The third-order valence-corrected chi connectivity index (χ3v) is 21.6. The zero-order chi connectivity index (χ0) is 66.7. The number of hydrogen-bond acceptors (Lipinski definition) is 2. The average Bonchev–Trinajstić information content (AvgIpc) is 1.56. The molecule has 22 aromatic rings. The van der Waals surface area contributed by atoms with E-state index in [0.29, 0.717) is 0 Å². The van der Waals surface area contributed by atoms with E-state index >= 15 is 0 Å². The molecule has 0 fully saturated rings.